The fourth-order valence-corrected chi connectivity index (χ4v) is 2.84. The summed E-state index contributed by atoms with van der Waals surface area (Å²) in [5, 5.41) is 0. The van der Waals surface area contributed by atoms with E-state index in [1.54, 1.807) is 0 Å². The maximum absolute atomic E-state index is 5.23. The molecule has 0 unspecified atom stereocenters. The van der Waals surface area contributed by atoms with Gasteiger partial charge in [0.05, 0.1) is 0 Å². The number of terminal acetylenes is 1. The van der Waals surface area contributed by atoms with Crippen LogP contribution in [0.4, 0.5) is 0 Å². The van der Waals surface area contributed by atoms with Gasteiger partial charge in [-0.25, -0.2) is 0 Å². The van der Waals surface area contributed by atoms with Crippen LogP contribution in [0.15, 0.2) is 0 Å². The smallest absolute Gasteiger partial charge is 0.136 e. The van der Waals surface area contributed by atoms with Crippen molar-refractivity contribution in [1.82, 2.24) is 0 Å². The lowest BCUT2D eigenvalue weighted by Gasteiger charge is -1.87. The van der Waals surface area contributed by atoms with Crippen LogP contribution in [0.3, 0.4) is 0 Å². The predicted molar refractivity (Wildman–Crippen MR) is 33.4 cm³/mol. The van der Waals surface area contributed by atoms with Gasteiger partial charge < -0.3 is 0 Å². The average molecular weight is 109 g/mol. The van der Waals surface area contributed by atoms with Gasteiger partial charge in [-0.15, -0.1) is 12.0 Å². The van der Waals surface area contributed by atoms with Crippen LogP contribution in [0, 0.1) is 12.0 Å². The topological polar surface area (TPSA) is 0 Å². The molecule has 0 aromatic heterocycles. The zero-order valence-electron chi connectivity index (χ0n) is 4.41. The monoisotopic (exact) mass is 109 g/mol. The van der Waals surface area contributed by atoms with Crippen LogP contribution in [0.5, 0.6) is 0 Å². The lowest BCUT2D eigenvalue weighted by molar-refractivity contribution is 0.935. The SMILES string of the molecule is C#C[Si]1CCCC1. The molecular weight excluding hydrogens is 100 g/mol. The molecule has 0 bridgehead atoms. The second-order valence-corrected chi connectivity index (χ2v) is 4.45. The van der Waals surface area contributed by atoms with E-state index in [4.69, 9.17) is 6.42 Å². The van der Waals surface area contributed by atoms with Gasteiger partial charge in [0, 0.05) is 0 Å². The number of hydrogen-bond acceptors (Lipinski definition) is 0. The van der Waals surface area contributed by atoms with E-state index < -0.39 is 0 Å². The second kappa shape index (κ2) is 2.18. The lowest BCUT2D eigenvalue weighted by Crippen LogP contribution is -1.99. The molecular formula is C6H9Si. The molecule has 0 atom stereocenters. The zero-order chi connectivity index (χ0) is 5.11. The molecule has 1 heterocycles. The Morgan fingerprint density at radius 1 is 1.29 bits per heavy atom. The molecule has 0 aliphatic carbocycles. The third-order valence-electron chi connectivity index (χ3n) is 1.41. The molecule has 0 saturated carbocycles. The Bertz CT molecular complexity index is 84.8. The zero-order valence-corrected chi connectivity index (χ0v) is 5.41. The first kappa shape index (κ1) is 4.92. The molecule has 0 N–H and O–H groups in total. The second-order valence-electron chi connectivity index (χ2n) is 1.95. The van der Waals surface area contributed by atoms with Crippen molar-refractivity contribution in [3.63, 3.8) is 0 Å². The Morgan fingerprint density at radius 2 is 1.86 bits per heavy atom. The van der Waals surface area contributed by atoms with Crippen molar-refractivity contribution >= 4 is 8.80 Å². The van der Waals surface area contributed by atoms with Crippen LogP contribution < -0.4 is 0 Å². The maximum atomic E-state index is 5.23. The summed E-state index contributed by atoms with van der Waals surface area (Å²) in [5.74, 6) is 0. The number of hydrogen-bond donors (Lipinski definition) is 0. The molecule has 1 saturated heterocycles. The molecule has 1 heteroatoms. The largest absolute Gasteiger partial charge is 0.144 e. The van der Waals surface area contributed by atoms with E-state index in [1.807, 2.05) is 0 Å². The molecule has 0 spiro atoms. The summed E-state index contributed by atoms with van der Waals surface area (Å²) in [7, 11) is -0.224. The van der Waals surface area contributed by atoms with Crippen LogP contribution in [-0.4, -0.2) is 8.80 Å². The third-order valence-corrected chi connectivity index (χ3v) is 3.73. The summed E-state index contributed by atoms with van der Waals surface area (Å²) in [6.45, 7) is 0. The highest BCUT2D eigenvalue weighted by atomic mass is 28.3. The molecule has 1 fully saturated rings. The highest BCUT2D eigenvalue weighted by molar-refractivity contribution is 6.68. The molecule has 1 radical (unpaired) electrons. The minimum absolute atomic E-state index is 0.224. The molecule has 37 valence electrons. The van der Waals surface area contributed by atoms with Crippen LogP contribution >= 0.6 is 0 Å². The Morgan fingerprint density at radius 3 is 2.14 bits per heavy atom. The highest BCUT2D eigenvalue weighted by Crippen LogP contribution is 2.17. The van der Waals surface area contributed by atoms with Crippen molar-refractivity contribution in [3.05, 3.63) is 0 Å². The van der Waals surface area contributed by atoms with Crippen molar-refractivity contribution < 1.29 is 0 Å². The Hall–Kier alpha value is -0.223. The van der Waals surface area contributed by atoms with Crippen molar-refractivity contribution in [3.8, 4) is 12.0 Å². The van der Waals surface area contributed by atoms with E-state index in [0.717, 1.165) is 0 Å². The van der Waals surface area contributed by atoms with Gasteiger partial charge in [-0.2, -0.15) is 0 Å². The van der Waals surface area contributed by atoms with Crippen LogP contribution in [-0.2, 0) is 0 Å². The first-order valence-corrected chi connectivity index (χ1v) is 4.66. The molecule has 1 aliphatic rings. The van der Waals surface area contributed by atoms with Crippen LogP contribution in [0.2, 0.25) is 12.1 Å². The highest BCUT2D eigenvalue weighted by Gasteiger charge is 2.13. The minimum atomic E-state index is -0.224. The third kappa shape index (κ3) is 1.07. The molecule has 0 nitrogen and oxygen atoms in total. The van der Waals surface area contributed by atoms with Gasteiger partial charge in [-0.1, -0.05) is 12.8 Å². The fraction of sp³-hybridized carbons (Fsp3) is 0.667. The van der Waals surface area contributed by atoms with Gasteiger partial charge >= 0.3 is 0 Å². The molecule has 1 aliphatic heterocycles. The first-order valence-electron chi connectivity index (χ1n) is 2.75. The summed E-state index contributed by atoms with van der Waals surface area (Å²) in [6.07, 6.45) is 8.03. The van der Waals surface area contributed by atoms with Gasteiger partial charge in [0.15, 0.2) is 0 Å². The van der Waals surface area contributed by atoms with Crippen LogP contribution in [0.1, 0.15) is 12.8 Å². The van der Waals surface area contributed by atoms with Crippen molar-refractivity contribution in [2.75, 3.05) is 0 Å². The average Bonchev–Trinajstić information content (AvgIpc) is 2.14. The van der Waals surface area contributed by atoms with Crippen molar-refractivity contribution in [2.24, 2.45) is 0 Å². The summed E-state index contributed by atoms with van der Waals surface area (Å²) in [5.41, 5.74) is 2.87. The van der Waals surface area contributed by atoms with E-state index in [2.05, 4.69) is 5.54 Å². The maximum Gasteiger partial charge on any atom is 0.144 e. The number of rotatable bonds is 0. The van der Waals surface area contributed by atoms with E-state index in [1.165, 1.54) is 24.9 Å². The first-order chi connectivity index (χ1) is 3.43. The summed E-state index contributed by atoms with van der Waals surface area (Å²) in [4.78, 5) is 0. The molecule has 1 rings (SSSR count). The lowest BCUT2D eigenvalue weighted by atomic mass is 10.4. The molecule has 7 heavy (non-hydrogen) atoms. The molecule has 0 amide bonds. The quantitative estimate of drug-likeness (QED) is 0.326. The van der Waals surface area contributed by atoms with Gasteiger partial charge in [0.2, 0.25) is 0 Å². The Balaban J connectivity index is 2.31. The summed E-state index contributed by atoms with van der Waals surface area (Å²) >= 11 is 0. The normalized spacial score (nSPS) is 22.1. The Kier molecular flexibility index (Phi) is 1.53. The van der Waals surface area contributed by atoms with Crippen molar-refractivity contribution in [1.29, 1.82) is 0 Å². The minimum Gasteiger partial charge on any atom is -0.136 e. The van der Waals surface area contributed by atoms with Gasteiger partial charge in [0.1, 0.15) is 8.80 Å². The predicted octanol–water partition coefficient (Wildman–Crippen LogP) is 1.45. The van der Waals surface area contributed by atoms with E-state index in [0.29, 0.717) is 0 Å². The fourth-order valence-electron chi connectivity index (χ4n) is 0.946. The van der Waals surface area contributed by atoms with E-state index in [-0.39, 0.29) is 8.80 Å². The Labute approximate surface area is 46.5 Å². The summed E-state index contributed by atoms with van der Waals surface area (Å²) in [6, 6.07) is 2.75. The van der Waals surface area contributed by atoms with Gasteiger partial charge in [-0.05, 0) is 12.1 Å². The molecule has 0 aromatic carbocycles. The van der Waals surface area contributed by atoms with Gasteiger partial charge in [0.25, 0.3) is 0 Å². The van der Waals surface area contributed by atoms with Crippen LogP contribution in [0.25, 0.3) is 0 Å². The van der Waals surface area contributed by atoms with E-state index >= 15 is 0 Å². The van der Waals surface area contributed by atoms with Gasteiger partial charge in [-0.3, -0.25) is 0 Å². The van der Waals surface area contributed by atoms with Crippen molar-refractivity contribution in [2.45, 2.75) is 24.9 Å². The standard InChI is InChI=1S/C6H9Si/c1-2-7-5-3-4-6-7/h1H,3-6H2. The summed E-state index contributed by atoms with van der Waals surface area (Å²) < 4.78 is 0. The molecule has 0 aromatic rings. The van der Waals surface area contributed by atoms with E-state index in [9.17, 15) is 0 Å².